The molecule has 9 nitrogen and oxygen atoms in total. The summed E-state index contributed by atoms with van der Waals surface area (Å²) < 4.78 is 16.5. The maximum Gasteiger partial charge on any atom is 0.202 e. The number of alkyl halides is 1. The second-order valence-electron chi connectivity index (χ2n) is 8.64. The lowest BCUT2D eigenvalue weighted by Crippen LogP contribution is -2.56. The lowest BCUT2D eigenvalue weighted by atomic mass is 9.96. The Labute approximate surface area is 187 Å². The van der Waals surface area contributed by atoms with E-state index in [2.05, 4.69) is 15.3 Å². The molecule has 166 valence electrons. The molecular formula is C21H22ClFN8O. The molecule has 1 aromatic carbocycles. The molecular weight excluding hydrogens is 435 g/mol. The van der Waals surface area contributed by atoms with E-state index in [1.165, 1.54) is 0 Å². The summed E-state index contributed by atoms with van der Waals surface area (Å²) in [6.45, 7) is -0.322. The number of anilines is 1. The Balaban J connectivity index is 1.49. The van der Waals surface area contributed by atoms with Crippen molar-refractivity contribution in [2.75, 3.05) is 4.90 Å². The van der Waals surface area contributed by atoms with E-state index in [1.54, 1.807) is 4.68 Å². The third-order valence-corrected chi connectivity index (χ3v) is 7.12. The van der Waals surface area contributed by atoms with Gasteiger partial charge in [0.05, 0.1) is 28.9 Å². The van der Waals surface area contributed by atoms with Crippen LogP contribution in [0.2, 0.25) is 5.02 Å². The molecule has 2 aliphatic heterocycles. The summed E-state index contributed by atoms with van der Waals surface area (Å²) >= 11 is 6.69. The molecule has 4 atom stereocenters. The fourth-order valence-corrected chi connectivity index (χ4v) is 5.55. The average Bonchev–Trinajstić information content (AvgIpc) is 3.46. The number of rotatable bonds is 3. The second-order valence-corrected chi connectivity index (χ2v) is 9.01. The summed E-state index contributed by atoms with van der Waals surface area (Å²) in [5.74, 6) is 0.480. The number of H-pyrrole nitrogens is 1. The van der Waals surface area contributed by atoms with E-state index in [0.29, 0.717) is 51.8 Å². The summed E-state index contributed by atoms with van der Waals surface area (Å²) in [4.78, 5) is 11.4. The van der Waals surface area contributed by atoms with E-state index in [0.717, 1.165) is 17.3 Å². The number of nitrogens with zero attached hydrogens (tertiary/aromatic N) is 6. The van der Waals surface area contributed by atoms with Crippen LogP contribution in [0.3, 0.4) is 0 Å². The number of piperidine rings is 1. The molecule has 0 radical (unpaired) electrons. The molecule has 5 heterocycles. The predicted molar refractivity (Wildman–Crippen MR) is 119 cm³/mol. The first-order chi connectivity index (χ1) is 15.5. The van der Waals surface area contributed by atoms with Gasteiger partial charge in [-0.15, -0.1) is 0 Å². The van der Waals surface area contributed by atoms with Crippen molar-refractivity contribution in [1.82, 2.24) is 29.9 Å². The van der Waals surface area contributed by atoms with Crippen molar-refractivity contribution in [3.05, 3.63) is 29.0 Å². The van der Waals surface area contributed by atoms with Gasteiger partial charge in [-0.2, -0.15) is 10.2 Å². The van der Waals surface area contributed by atoms with Crippen LogP contribution in [0.4, 0.5) is 10.2 Å². The highest BCUT2D eigenvalue weighted by Gasteiger charge is 2.48. The molecule has 32 heavy (non-hydrogen) atoms. The van der Waals surface area contributed by atoms with Crippen molar-refractivity contribution < 1.29 is 9.50 Å². The second kappa shape index (κ2) is 7.09. The van der Waals surface area contributed by atoms with Gasteiger partial charge in [0.25, 0.3) is 0 Å². The Bertz CT molecular complexity index is 1350. The SMILES string of the molecule is Cn1cc2c(Cl)c(-c3[nH]nc4nc(N5[C@H]6CC[C@@H]5[C@@H](F)[C@@H](N)C6)c(CO)nc34)ccc2n1. The number of hydrogen-bond donors (Lipinski definition) is 3. The van der Waals surface area contributed by atoms with E-state index in [9.17, 15) is 9.50 Å². The topological polar surface area (TPSA) is 122 Å². The summed E-state index contributed by atoms with van der Waals surface area (Å²) in [5.41, 5.74) is 9.39. The van der Waals surface area contributed by atoms with Gasteiger partial charge in [0.1, 0.15) is 17.4 Å². The molecule has 2 fully saturated rings. The fourth-order valence-electron chi connectivity index (χ4n) is 5.25. The molecule has 0 spiro atoms. The van der Waals surface area contributed by atoms with E-state index < -0.39 is 12.2 Å². The third kappa shape index (κ3) is 2.76. The first kappa shape index (κ1) is 19.8. The Hall–Kier alpha value is -2.82. The Morgan fingerprint density at radius 2 is 2.16 bits per heavy atom. The molecule has 0 saturated carbocycles. The van der Waals surface area contributed by atoms with Crippen LogP contribution >= 0.6 is 11.6 Å². The van der Waals surface area contributed by atoms with E-state index in [1.807, 2.05) is 30.3 Å². The fraction of sp³-hybridized carbons (Fsp3) is 0.429. The molecule has 0 aliphatic carbocycles. The molecule has 4 aromatic rings. The number of aromatic amines is 1. The number of fused-ring (bicyclic) bond motifs is 4. The Morgan fingerprint density at radius 3 is 2.97 bits per heavy atom. The van der Waals surface area contributed by atoms with Crippen LogP contribution in [0.1, 0.15) is 25.0 Å². The zero-order valence-corrected chi connectivity index (χ0v) is 18.1. The number of nitrogens with two attached hydrogens (primary N) is 1. The maximum absolute atomic E-state index is 14.8. The van der Waals surface area contributed by atoms with E-state index in [4.69, 9.17) is 27.3 Å². The Kier molecular flexibility index (Phi) is 4.40. The highest BCUT2D eigenvalue weighted by molar-refractivity contribution is 6.38. The first-order valence-electron chi connectivity index (χ1n) is 10.6. The van der Waals surface area contributed by atoms with Crippen molar-refractivity contribution in [1.29, 1.82) is 0 Å². The zero-order chi connectivity index (χ0) is 22.1. The molecule has 2 bridgehead atoms. The maximum atomic E-state index is 14.8. The number of benzene rings is 1. The van der Waals surface area contributed by atoms with Gasteiger partial charge in [0.15, 0.2) is 5.82 Å². The van der Waals surface area contributed by atoms with Crippen LogP contribution in [0.5, 0.6) is 0 Å². The van der Waals surface area contributed by atoms with Crippen molar-refractivity contribution in [2.24, 2.45) is 12.8 Å². The van der Waals surface area contributed by atoms with E-state index in [-0.39, 0.29) is 18.7 Å². The largest absolute Gasteiger partial charge is 0.390 e. The number of aliphatic hydroxyl groups excluding tert-OH is 1. The number of aliphatic hydroxyl groups is 1. The van der Waals surface area contributed by atoms with Crippen LogP contribution in [0.15, 0.2) is 18.3 Å². The van der Waals surface area contributed by atoms with Gasteiger partial charge in [-0.3, -0.25) is 9.78 Å². The highest BCUT2D eigenvalue weighted by atomic mass is 35.5. The number of hydrogen-bond acceptors (Lipinski definition) is 7. The van der Waals surface area contributed by atoms with Crippen LogP contribution < -0.4 is 10.6 Å². The van der Waals surface area contributed by atoms with E-state index >= 15 is 0 Å². The van der Waals surface area contributed by atoms with Gasteiger partial charge in [0, 0.05) is 36.3 Å². The van der Waals surface area contributed by atoms with Crippen molar-refractivity contribution in [3.8, 4) is 11.3 Å². The lowest BCUT2D eigenvalue weighted by Gasteiger charge is -2.41. The molecule has 0 amide bonds. The number of halogens is 2. The van der Waals surface area contributed by atoms with Crippen LogP contribution in [-0.4, -0.2) is 59.3 Å². The van der Waals surface area contributed by atoms with Crippen LogP contribution in [-0.2, 0) is 13.7 Å². The Morgan fingerprint density at radius 1 is 1.31 bits per heavy atom. The van der Waals surface area contributed by atoms with Gasteiger partial charge < -0.3 is 15.7 Å². The van der Waals surface area contributed by atoms with Crippen molar-refractivity contribution in [3.63, 3.8) is 0 Å². The molecule has 3 aromatic heterocycles. The molecule has 11 heteroatoms. The van der Waals surface area contributed by atoms with Crippen LogP contribution in [0.25, 0.3) is 33.3 Å². The van der Waals surface area contributed by atoms with Gasteiger partial charge in [-0.25, -0.2) is 14.4 Å². The predicted octanol–water partition coefficient (Wildman–Crippen LogP) is 2.46. The summed E-state index contributed by atoms with van der Waals surface area (Å²) in [6, 6.07) is 2.99. The molecule has 6 rings (SSSR count). The quantitative estimate of drug-likeness (QED) is 0.433. The highest BCUT2D eigenvalue weighted by Crippen LogP contribution is 2.42. The number of aromatic nitrogens is 6. The molecule has 2 aliphatic rings. The smallest absolute Gasteiger partial charge is 0.202 e. The molecule has 2 saturated heterocycles. The van der Waals surface area contributed by atoms with Gasteiger partial charge in [-0.05, 0) is 31.4 Å². The lowest BCUT2D eigenvalue weighted by molar-refractivity contribution is 0.202. The first-order valence-corrected chi connectivity index (χ1v) is 11.0. The standard InChI is InChI=1S/C21H22ClFN8O/c1-30-7-11-13(29-30)4-3-10(16(11)22)18-19-20(28-27-18)26-21(14(8-32)25-19)31-9-2-5-15(31)17(23)12(24)6-9/h3-4,7,9,12,15,17,32H,2,5-6,8,24H2,1H3,(H,26,27,28)/t9-,12-,15+,17-/m0/s1. The molecule has 4 N–H and O–H groups in total. The number of nitrogens with one attached hydrogen (secondary N) is 1. The minimum Gasteiger partial charge on any atom is -0.390 e. The summed E-state index contributed by atoms with van der Waals surface area (Å²) in [5, 5.41) is 23.2. The summed E-state index contributed by atoms with van der Waals surface area (Å²) in [6.07, 6.45) is 2.81. The van der Waals surface area contributed by atoms with Gasteiger partial charge >= 0.3 is 0 Å². The van der Waals surface area contributed by atoms with Gasteiger partial charge in [-0.1, -0.05) is 11.6 Å². The normalized spacial score (nSPS) is 25.3. The average molecular weight is 457 g/mol. The monoisotopic (exact) mass is 456 g/mol. The van der Waals surface area contributed by atoms with Crippen molar-refractivity contribution in [2.45, 2.75) is 50.2 Å². The van der Waals surface area contributed by atoms with Gasteiger partial charge in [0.2, 0.25) is 5.65 Å². The number of aryl methyl sites for hydroxylation is 1. The molecule has 0 unspecified atom stereocenters. The third-order valence-electron chi connectivity index (χ3n) is 6.71. The zero-order valence-electron chi connectivity index (χ0n) is 17.3. The van der Waals surface area contributed by atoms with Crippen molar-refractivity contribution >= 4 is 39.5 Å². The minimum absolute atomic E-state index is 0.0832. The van der Waals surface area contributed by atoms with Crippen LogP contribution in [0, 0.1) is 0 Å². The summed E-state index contributed by atoms with van der Waals surface area (Å²) in [7, 11) is 1.84. The minimum atomic E-state index is -1.14.